The van der Waals surface area contributed by atoms with Gasteiger partial charge in [-0.05, 0) is 24.3 Å². The van der Waals surface area contributed by atoms with E-state index in [2.05, 4.69) is 19.8 Å². The van der Waals surface area contributed by atoms with Crippen molar-refractivity contribution in [1.82, 2.24) is 9.29 Å². The smallest absolute Gasteiger partial charge is 0.413 e. The molecule has 2 heterocycles. The molecule has 0 saturated heterocycles. The third-order valence-corrected chi connectivity index (χ3v) is 6.86. The Morgan fingerprint density at radius 2 is 1.89 bits per heavy atom. The van der Waals surface area contributed by atoms with Crippen molar-refractivity contribution in [2.24, 2.45) is 0 Å². The van der Waals surface area contributed by atoms with Crippen LogP contribution in [-0.2, 0) is 32.5 Å². The molecule has 1 aromatic carbocycles. The quantitative estimate of drug-likeness (QED) is 0.764. The summed E-state index contributed by atoms with van der Waals surface area (Å²) in [5.41, 5.74) is 1.04. The lowest BCUT2D eigenvalue weighted by Gasteiger charge is -2.25. The molecule has 0 radical (unpaired) electrons. The number of nitrogens with one attached hydrogen (secondary N) is 1. The van der Waals surface area contributed by atoms with Crippen molar-refractivity contribution in [3.63, 3.8) is 0 Å². The van der Waals surface area contributed by atoms with E-state index >= 15 is 0 Å². The van der Waals surface area contributed by atoms with E-state index in [1.165, 1.54) is 54.1 Å². The first-order valence-corrected chi connectivity index (χ1v) is 10.1. The van der Waals surface area contributed by atoms with Crippen LogP contribution in [0.3, 0.4) is 0 Å². The summed E-state index contributed by atoms with van der Waals surface area (Å²) in [6.45, 7) is 0.437. The van der Waals surface area contributed by atoms with E-state index in [-0.39, 0.29) is 23.5 Å². The highest BCUT2D eigenvalue weighted by molar-refractivity contribution is 7.89. The number of fused-ring (bicyclic) bond motifs is 1. The van der Waals surface area contributed by atoms with Gasteiger partial charge in [0.15, 0.2) is 5.13 Å². The van der Waals surface area contributed by atoms with Gasteiger partial charge in [-0.25, -0.2) is 23.0 Å². The molecule has 0 spiro atoms. The number of hydrogen-bond donors (Lipinski definition) is 1. The number of anilines is 1. The Hall–Kier alpha value is -2.50. The van der Waals surface area contributed by atoms with Crippen molar-refractivity contribution in [2.75, 3.05) is 26.1 Å². The summed E-state index contributed by atoms with van der Waals surface area (Å²) in [7, 11) is -1.21. The van der Waals surface area contributed by atoms with Crippen LogP contribution in [0.25, 0.3) is 0 Å². The second-order valence-electron chi connectivity index (χ2n) is 5.61. The van der Waals surface area contributed by atoms with E-state index in [0.29, 0.717) is 11.6 Å². The normalized spacial score (nSPS) is 14.3. The van der Waals surface area contributed by atoms with Gasteiger partial charge in [0.25, 0.3) is 0 Å². The number of rotatable bonds is 4. The van der Waals surface area contributed by atoms with Crippen LogP contribution in [-0.4, -0.2) is 50.5 Å². The van der Waals surface area contributed by atoms with Gasteiger partial charge in [0, 0.05) is 17.8 Å². The van der Waals surface area contributed by atoms with Crippen LogP contribution in [0.1, 0.15) is 20.9 Å². The molecule has 0 aliphatic carbocycles. The van der Waals surface area contributed by atoms with E-state index in [0.717, 1.165) is 10.6 Å². The number of hydrogen-bond acceptors (Lipinski definition) is 8. The molecule has 1 amide bonds. The van der Waals surface area contributed by atoms with Crippen LogP contribution in [0, 0.1) is 0 Å². The molecule has 1 aliphatic rings. The topological polar surface area (TPSA) is 115 Å². The maximum Gasteiger partial charge on any atom is 0.413 e. The fourth-order valence-electron chi connectivity index (χ4n) is 2.60. The number of methoxy groups -OCH3 is 2. The maximum absolute atomic E-state index is 12.9. The molecular weight excluding hydrogens is 394 g/mol. The minimum Gasteiger partial charge on any atom is -0.465 e. The monoisotopic (exact) mass is 411 g/mol. The number of sulfonamides is 1. The van der Waals surface area contributed by atoms with Crippen LogP contribution in [0.5, 0.6) is 0 Å². The van der Waals surface area contributed by atoms with Gasteiger partial charge in [-0.2, -0.15) is 4.31 Å². The number of esters is 1. The molecule has 2 aromatic rings. The predicted molar refractivity (Wildman–Crippen MR) is 97.2 cm³/mol. The van der Waals surface area contributed by atoms with Crippen molar-refractivity contribution in [2.45, 2.75) is 17.9 Å². The van der Waals surface area contributed by atoms with Crippen LogP contribution < -0.4 is 5.32 Å². The van der Waals surface area contributed by atoms with Crippen molar-refractivity contribution < 1.29 is 27.5 Å². The Kier molecular flexibility index (Phi) is 5.44. The van der Waals surface area contributed by atoms with Crippen molar-refractivity contribution in [1.29, 1.82) is 0 Å². The lowest BCUT2D eigenvalue weighted by molar-refractivity contribution is 0.0600. The lowest BCUT2D eigenvalue weighted by Crippen LogP contribution is -2.35. The average molecular weight is 411 g/mol. The highest BCUT2D eigenvalue weighted by atomic mass is 32.2. The number of carbonyl (C=O) groups excluding carboxylic acids is 2. The molecule has 3 rings (SSSR count). The van der Waals surface area contributed by atoms with Crippen molar-refractivity contribution in [3.8, 4) is 0 Å². The summed E-state index contributed by atoms with van der Waals surface area (Å²) in [6.07, 6.45) is -0.190. The molecule has 9 nitrogen and oxygen atoms in total. The Labute approximate surface area is 160 Å². The van der Waals surface area contributed by atoms with E-state index in [4.69, 9.17) is 0 Å². The second-order valence-corrected chi connectivity index (χ2v) is 8.63. The van der Waals surface area contributed by atoms with Gasteiger partial charge < -0.3 is 9.47 Å². The summed E-state index contributed by atoms with van der Waals surface area (Å²) >= 11 is 1.21. The standard InChI is InChI=1S/C16H17N3O6S2/c1-24-14(20)10-3-5-11(6-4-10)27(22,23)19-8-7-12-13(9-19)26-15(17-12)18-16(21)25-2/h3-6H,7-9H2,1-2H3,(H,17,18,21). The Morgan fingerprint density at radius 3 is 2.52 bits per heavy atom. The van der Waals surface area contributed by atoms with Crippen LogP contribution in [0.15, 0.2) is 29.2 Å². The van der Waals surface area contributed by atoms with Crippen LogP contribution >= 0.6 is 11.3 Å². The number of aromatic nitrogens is 1. The molecule has 0 saturated carbocycles. The van der Waals surface area contributed by atoms with Crippen molar-refractivity contribution >= 4 is 38.6 Å². The van der Waals surface area contributed by atoms with E-state index < -0.39 is 22.1 Å². The first kappa shape index (κ1) is 19.3. The third kappa shape index (κ3) is 3.94. The predicted octanol–water partition coefficient (Wildman–Crippen LogP) is 1.85. The van der Waals surface area contributed by atoms with E-state index in [1.54, 1.807) is 0 Å². The summed E-state index contributed by atoms with van der Waals surface area (Å²) in [4.78, 5) is 27.9. The molecule has 1 aromatic heterocycles. The number of ether oxygens (including phenoxy) is 2. The summed E-state index contributed by atoms with van der Waals surface area (Å²) in [5.74, 6) is -0.531. The molecule has 144 valence electrons. The number of thiazole rings is 1. The minimum atomic E-state index is -3.72. The van der Waals surface area contributed by atoms with E-state index in [9.17, 15) is 18.0 Å². The van der Waals surface area contributed by atoms with Crippen molar-refractivity contribution in [3.05, 3.63) is 40.4 Å². The van der Waals surface area contributed by atoms with E-state index in [1.807, 2.05) is 0 Å². The summed E-state index contributed by atoms with van der Waals surface area (Å²) in [6, 6.07) is 5.60. The van der Waals surface area contributed by atoms with Gasteiger partial charge in [0.1, 0.15) is 0 Å². The van der Waals surface area contributed by atoms with Crippen LogP contribution in [0.4, 0.5) is 9.93 Å². The third-order valence-electron chi connectivity index (χ3n) is 4.00. The lowest BCUT2D eigenvalue weighted by atomic mass is 10.2. The molecule has 27 heavy (non-hydrogen) atoms. The molecule has 0 bridgehead atoms. The van der Waals surface area contributed by atoms with Gasteiger partial charge in [0.05, 0.1) is 36.9 Å². The highest BCUT2D eigenvalue weighted by Gasteiger charge is 2.30. The molecule has 1 aliphatic heterocycles. The average Bonchev–Trinajstić information content (AvgIpc) is 3.08. The maximum atomic E-state index is 12.9. The molecular formula is C16H17N3O6S2. The number of carbonyl (C=O) groups is 2. The zero-order valence-electron chi connectivity index (χ0n) is 14.6. The SMILES string of the molecule is COC(=O)Nc1nc2c(s1)CN(S(=O)(=O)c1ccc(C(=O)OC)cc1)CC2. The second kappa shape index (κ2) is 7.62. The number of amides is 1. The number of nitrogens with zero attached hydrogens (tertiary/aromatic N) is 2. The molecule has 1 N–H and O–H groups in total. The molecule has 11 heteroatoms. The van der Waals surface area contributed by atoms with Gasteiger partial charge in [-0.3, -0.25) is 5.32 Å². The summed E-state index contributed by atoms with van der Waals surface area (Å²) in [5, 5.41) is 2.86. The van der Waals surface area contributed by atoms with Crippen LogP contribution in [0.2, 0.25) is 0 Å². The minimum absolute atomic E-state index is 0.0935. The zero-order valence-corrected chi connectivity index (χ0v) is 16.2. The Bertz CT molecular complexity index is 969. The Balaban J connectivity index is 1.79. The largest absolute Gasteiger partial charge is 0.465 e. The fourth-order valence-corrected chi connectivity index (χ4v) is 5.10. The van der Waals surface area contributed by atoms with Gasteiger partial charge in [0.2, 0.25) is 10.0 Å². The molecule has 0 unspecified atom stereocenters. The fraction of sp³-hybridized carbons (Fsp3) is 0.312. The first-order valence-electron chi connectivity index (χ1n) is 7.87. The first-order chi connectivity index (χ1) is 12.8. The molecule has 0 fully saturated rings. The van der Waals surface area contributed by atoms with Gasteiger partial charge >= 0.3 is 12.1 Å². The Morgan fingerprint density at radius 1 is 1.19 bits per heavy atom. The van der Waals surface area contributed by atoms with Gasteiger partial charge in [-0.1, -0.05) is 11.3 Å². The molecule has 0 atom stereocenters. The summed E-state index contributed by atoms with van der Waals surface area (Å²) < 4.78 is 36.3. The zero-order chi connectivity index (χ0) is 19.6. The van der Waals surface area contributed by atoms with Gasteiger partial charge in [-0.15, -0.1) is 0 Å². The highest BCUT2D eigenvalue weighted by Crippen LogP contribution is 2.31. The number of benzene rings is 1.